The number of amides is 1. The number of benzene rings is 2. The van der Waals surface area contributed by atoms with Gasteiger partial charge in [-0.25, -0.2) is 12.8 Å². The molecule has 0 aliphatic heterocycles. The summed E-state index contributed by atoms with van der Waals surface area (Å²) in [6, 6.07) is 7.44. The van der Waals surface area contributed by atoms with Crippen molar-refractivity contribution in [1.29, 1.82) is 0 Å². The Kier molecular flexibility index (Phi) is 4.85. The number of ether oxygens (including phenoxy) is 1. The molecule has 0 bridgehead atoms. The molecule has 0 saturated heterocycles. The molecule has 0 radical (unpaired) electrons. The van der Waals surface area contributed by atoms with Gasteiger partial charge in [-0.2, -0.15) is 13.2 Å². The molecule has 27 heavy (non-hydrogen) atoms. The minimum Gasteiger partial charge on any atom is -0.456 e. The lowest BCUT2D eigenvalue weighted by Gasteiger charge is -2.14. The molecule has 0 spiro atoms. The zero-order valence-corrected chi connectivity index (χ0v) is 14.4. The molecule has 1 aliphatic carbocycles. The maximum Gasteiger partial charge on any atom is 0.502 e. The summed E-state index contributed by atoms with van der Waals surface area (Å²) in [6.07, 6.45) is 1.65. The SMILES string of the molecule is O=C(Nc1ccc(Oc2ccc(F)cc2S(=O)(=O)C(F)(F)F)cc1)C1CC1. The topological polar surface area (TPSA) is 72.5 Å². The summed E-state index contributed by atoms with van der Waals surface area (Å²) in [6.45, 7) is 0. The second-order valence-electron chi connectivity index (χ2n) is 5.93. The van der Waals surface area contributed by atoms with Gasteiger partial charge in [-0.05, 0) is 55.3 Å². The molecule has 0 unspecified atom stereocenters. The molecular weight excluding hydrogens is 390 g/mol. The molecule has 144 valence electrons. The van der Waals surface area contributed by atoms with Gasteiger partial charge in [-0.3, -0.25) is 4.79 Å². The van der Waals surface area contributed by atoms with E-state index >= 15 is 0 Å². The minimum atomic E-state index is -5.80. The van der Waals surface area contributed by atoms with E-state index in [2.05, 4.69) is 5.32 Å². The second kappa shape index (κ2) is 6.84. The zero-order valence-electron chi connectivity index (χ0n) is 13.6. The highest BCUT2D eigenvalue weighted by molar-refractivity contribution is 7.92. The van der Waals surface area contributed by atoms with E-state index in [-0.39, 0.29) is 23.6 Å². The third-order valence-electron chi connectivity index (χ3n) is 3.80. The van der Waals surface area contributed by atoms with Crippen LogP contribution in [0.25, 0.3) is 0 Å². The molecule has 1 amide bonds. The third-order valence-corrected chi connectivity index (χ3v) is 5.31. The van der Waals surface area contributed by atoms with Crippen LogP contribution in [0.4, 0.5) is 23.2 Å². The molecule has 5 nitrogen and oxygen atoms in total. The average molecular weight is 403 g/mol. The monoisotopic (exact) mass is 403 g/mol. The van der Waals surface area contributed by atoms with E-state index in [9.17, 15) is 30.8 Å². The van der Waals surface area contributed by atoms with E-state index in [0.29, 0.717) is 5.69 Å². The molecular formula is C17H13F4NO4S. The smallest absolute Gasteiger partial charge is 0.456 e. The zero-order chi connectivity index (χ0) is 19.8. The molecule has 3 rings (SSSR count). The predicted octanol–water partition coefficient (Wildman–Crippen LogP) is 4.26. The van der Waals surface area contributed by atoms with Crippen LogP contribution in [0.15, 0.2) is 47.4 Å². The van der Waals surface area contributed by atoms with Gasteiger partial charge in [0, 0.05) is 11.6 Å². The molecule has 1 saturated carbocycles. The van der Waals surface area contributed by atoms with Crippen LogP contribution in [0, 0.1) is 11.7 Å². The van der Waals surface area contributed by atoms with Crippen molar-refractivity contribution in [2.24, 2.45) is 5.92 Å². The normalized spacial score (nSPS) is 14.7. The van der Waals surface area contributed by atoms with Crippen LogP contribution in [0.5, 0.6) is 11.5 Å². The Morgan fingerprint density at radius 1 is 1.07 bits per heavy atom. The van der Waals surface area contributed by atoms with Crippen molar-refractivity contribution in [3.8, 4) is 11.5 Å². The fourth-order valence-corrected chi connectivity index (χ4v) is 3.12. The van der Waals surface area contributed by atoms with E-state index in [1.807, 2.05) is 0 Å². The van der Waals surface area contributed by atoms with E-state index in [0.717, 1.165) is 25.0 Å². The molecule has 0 heterocycles. The Hall–Kier alpha value is -2.62. The number of nitrogens with one attached hydrogen (secondary N) is 1. The van der Waals surface area contributed by atoms with Crippen molar-refractivity contribution >= 4 is 21.4 Å². The van der Waals surface area contributed by atoms with Gasteiger partial charge in [0.15, 0.2) is 0 Å². The molecule has 2 aromatic rings. The number of rotatable bonds is 5. The third kappa shape index (κ3) is 4.21. The highest BCUT2D eigenvalue weighted by atomic mass is 32.2. The highest BCUT2D eigenvalue weighted by Crippen LogP contribution is 2.38. The first-order chi connectivity index (χ1) is 12.6. The lowest BCUT2D eigenvalue weighted by atomic mass is 10.2. The van der Waals surface area contributed by atoms with Crippen molar-refractivity contribution in [3.63, 3.8) is 0 Å². The van der Waals surface area contributed by atoms with Crippen molar-refractivity contribution < 1.29 is 35.5 Å². The number of hydrogen-bond acceptors (Lipinski definition) is 4. The van der Waals surface area contributed by atoms with Crippen LogP contribution in [-0.4, -0.2) is 19.8 Å². The summed E-state index contributed by atoms with van der Waals surface area (Å²) in [5, 5.41) is 2.67. The van der Waals surface area contributed by atoms with Gasteiger partial charge < -0.3 is 10.1 Å². The molecule has 1 aliphatic rings. The fraction of sp³-hybridized carbons (Fsp3) is 0.235. The second-order valence-corrected chi connectivity index (χ2v) is 7.84. The standard InChI is InChI=1S/C17H13F4NO4S/c18-11-3-8-14(15(9-11)27(24,25)17(19,20)21)26-13-6-4-12(5-7-13)22-16(23)10-1-2-10/h3-10H,1-2H2,(H,22,23). The molecule has 1 fully saturated rings. The largest absolute Gasteiger partial charge is 0.502 e. The average Bonchev–Trinajstić information content (AvgIpc) is 3.42. The fourth-order valence-electron chi connectivity index (χ4n) is 2.22. The highest BCUT2D eigenvalue weighted by Gasteiger charge is 2.48. The molecule has 2 aromatic carbocycles. The first-order valence-electron chi connectivity index (χ1n) is 7.77. The lowest BCUT2D eigenvalue weighted by molar-refractivity contribution is -0.117. The van der Waals surface area contributed by atoms with Crippen molar-refractivity contribution in [1.82, 2.24) is 0 Å². The molecule has 1 N–H and O–H groups in total. The lowest BCUT2D eigenvalue weighted by Crippen LogP contribution is -2.23. The quantitative estimate of drug-likeness (QED) is 0.758. The number of anilines is 1. The first kappa shape index (κ1) is 19.2. The summed E-state index contributed by atoms with van der Waals surface area (Å²) in [5.74, 6) is -1.92. The Morgan fingerprint density at radius 3 is 2.26 bits per heavy atom. The van der Waals surface area contributed by atoms with Gasteiger partial charge in [0.05, 0.1) is 0 Å². The van der Waals surface area contributed by atoms with Gasteiger partial charge in [-0.1, -0.05) is 0 Å². The number of halogens is 4. The van der Waals surface area contributed by atoms with Gasteiger partial charge in [-0.15, -0.1) is 0 Å². The van der Waals surface area contributed by atoms with E-state index in [4.69, 9.17) is 4.74 Å². The Balaban J connectivity index is 1.84. The Bertz CT molecular complexity index is 967. The van der Waals surface area contributed by atoms with E-state index in [1.165, 1.54) is 24.3 Å². The minimum absolute atomic E-state index is 0.00437. The predicted molar refractivity (Wildman–Crippen MR) is 87.5 cm³/mol. The van der Waals surface area contributed by atoms with Crippen LogP contribution >= 0.6 is 0 Å². The first-order valence-corrected chi connectivity index (χ1v) is 9.26. The van der Waals surface area contributed by atoms with Crippen LogP contribution in [-0.2, 0) is 14.6 Å². The van der Waals surface area contributed by atoms with Crippen LogP contribution < -0.4 is 10.1 Å². The maximum absolute atomic E-state index is 13.3. The van der Waals surface area contributed by atoms with Crippen molar-refractivity contribution in [3.05, 3.63) is 48.3 Å². The summed E-state index contributed by atoms with van der Waals surface area (Å²) in [7, 11) is -5.80. The van der Waals surface area contributed by atoms with Crippen LogP contribution in [0.2, 0.25) is 0 Å². The van der Waals surface area contributed by atoms with E-state index < -0.39 is 31.8 Å². The Labute approximate surface area is 151 Å². The van der Waals surface area contributed by atoms with Gasteiger partial charge in [0.25, 0.3) is 9.84 Å². The summed E-state index contributed by atoms with van der Waals surface area (Å²) in [5.41, 5.74) is -5.14. The van der Waals surface area contributed by atoms with Crippen molar-refractivity contribution in [2.45, 2.75) is 23.2 Å². The Morgan fingerprint density at radius 2 is 1.70 bits per heavy atom. The summed E-state index contributed by atoms with van der Waals surface area (Å²) >= 11 is 0. The van der Waals surface area contributed by atoms with Gasteiger partial charge in [0.1, 0.15) is 22.2 Å². The van der Waals surface area contributed by atoms with Crippen molar-refractivity contribution in [2.75, 3.05) is 5.32 Å². The number of sulfone groups is 1. The van der Waals surface area contributed by atoms with E-state index in [1.54, 1.807) is 0 Å². The molecule has 10 heteroatoms. The van der Waals surface area contributed by atoms with Crippen LogP contribution in [0.1, 0.15) is 12.8 Å². The van der Waals surface area contributed by atoms with Gasteiger partial charge in [0.2, 0.25) is 5.91 Å². The number of alkyl halides is 3. The molecule has 0 aromatic heterocycles. The van der Waals surface area contributed by atoms with Crippen LogP contribution in [0.3, 0.4) is 0 Å². The number of carbonyl (C=O) groups excluding carboxylic acids is 1. The number of carbonyl (C=O) groups is 1. The maximum atomic E-state index is 13.3. The summed E-state index contributed by atoms with van der Waals surface area (Å²) < 4.78 is 80.2. The number of hydrogen-bond donors (Lipinski definition) is 1. The van der Waals surface area contributed by atoms with Gasteiger partial charge >= 0.3 is 5.51 Å². The summed E-state index contributed by atoms with van der Waals surface area (Å²) in [4.78, 5) is 10.4. The molecule has 0 atom stereocenters.